The lowest BCUT2D eigenvalue weighted by Gasteiger charge is -2.34. The van der Waals surface area contributed by atoms with Gasteiger partial charge in [0.05, 0.1) is 0 Å². The first-order valence-electron chi connectivity index (χ1n) is 6.03. The number of benzene rings is 1. The van der Waals surface area contributed by atoms with Crippen molar-refractivity contribution < 1.29 is 14.7 Å². The minimum absolute atomic E-state index is 0.273. The van der Waals surface area contributed by atoms with Gasteiger partial charge in [-0.1, -0.05) is 15.9 Å². The molecule has 0 aliphatic rings. The minimum Gasteiger partial charge on any atom is -0.480 e. The Morgan fingerprint density at radius 1 is 1.37 bits per heavy atom. The highest BCUT2D eigenvalue weighted by molar-refractivity contribution is 9.10. The third-order valence-electron chi connectivity index (χ3n) is 3.16. The van der Waals surface area contributed by atoms with Crippen LogP contribution in [-0.2, 0) is 4.79 Å². The molecule has 1 aromatic carbocycles. The highest BCUT2D eigenvalue weighted by Gasteiger charge is 2.37. The van der Waals surface area contributed by atoms with E-state index in [0.29, 0.717) is 12.1 Å². The van der Waals surface area contributed by atoms with E-state index in [1.54, 1.807) is 25.1 Å². The average Bonchev–Trinajstić information content (AvgIpc) is 2.32. The lowest BCUT2D eigenvalue weighted by molar-refractivity contribution is -0.147. The summed E-state index contributed by atoms with van der Waals surface area (Å²) >= 11 is 3.38. The molecule has 0 heterocycles. The van der Waals surface area contributed by atoms with Crippen LogP contribution >= 0.6 is 15.9 Å². The molecule has 0 atom stereocenters. The number of halogens is 1. The van der Waals surface area contributed by atoms with Crippen LogP contribution in [0, 0.1) is 6.92 Å². The minimum atomic E-state index is -1.23. The summed E-state index contributed by atoms with van der Waals surface area (Å²) < 4.78 is 0.921. The van der Waals surface area contributed by atoms with Gasteiger partial charge in [-0.2, -0.15) is 0 Å². The number of carboxylic acids is 1. The standard InChI is InChI=1S/C14H18BrNO3/c1-5-16(14(3,4)13(18)19)12(17)10-6-7-11(15)9(2)8-10/h6-8H,5H2,1-4H3,(H,18,19). The van der Waals surface area contributed by atoms with Gasteiger partial charge in [-0.25, -0.2) is 4.79 Å². The van der Waals surface area contributed by atoms with Crippen molar-refractivity contribution in [1.29, 1.82) is 0 Å². The number of nitrogens with zero attached hydrogens (tertiary/aromatic N) is 1. The molecule has 0 saturated heterocycles. The molecule has 5 heteroatoms. The van der Waals surface area contributed by atoms with Gasteiger partial charge in [0.2, 0.25) is 0 Å². The van der Waals surface area contributed by atoms with Crippen molar-refractivity contribution in [1.82, 2.24) is 4.90 Å². The Morgan fingerprint density at radius 3 is 2.37 bits per heavy atom. The van der Waals surface area contributed by atoms with Crippen molar-refractivity contribution >= 4 is 27.8 Å². The van der Waals surface area contributed by atoms with Crippen LogP contribution in [0.1, 0.15) is 36.7 Å². The number of hydrogen-bond donors (Lipinski definition) is 1. The molecule has 1 rings (SSSR count). The van der Waals surface area contributed by atoms with Crippen molar-refractivity contribution in [3.8, 4) is 0 Å². The molecule has 1 amide bonds. The fourth-order valence-corrected chi connectivity index (χ4v) is 2.09. The average molecular weight is 328 g/mol. The maximum absolute atomic E-state index is 12.4. The summed E-state index contributed by atoms with van der Waals surface area (Å²) in [5.74, 6) is -1.29. The van der Waals surface area contributed by atoms with Crippen LogP contribution in [0.15, 0.2) is 22.7 Å². The van der Waals surface area contributed by atoms with E-state index < -0.39 is 11.5 Å². The molecular formula is C14H18BrNO3. The van der Waals surface area contributed by atoms with Crippen LogP contribution in [0.4, 0.5) is 0 Å². The number of carbonyl (C=O) groups excluding carboxylic acids is 1. The molecule has 0 saturated carbocycles. The van der Waals surface area contributed by atoms with E-state index in [4.69, 9.17) is 0 Å². The Kier molecular flexibility index (Phi) is 4.74. The molecule has 0 radical (unpaired) electrons. The second-order valence-electron chi connectivity index (χ2n) is 4.88. The van der Waals surface area contributed by atoms with Gasteiger partial charge in [-0.15, -0.1) is 0 Å². The van der Waals surface area contributed by atoms with E-state index in [2.05, 4.69) is 15.9 Å². The Hall–Kier alpha value is -1.36. The highest BCUT2D eigenvalue weighted by Crippen LogP contribution is 2.22. The summed E-state index contributed by atoms with van der Waals surface area (Å²) in [5.41, 5.74) is 0.208. The molecule has 104 valence electrons. The largest absolute Gasteiger partial charge is 0.480 e. The van der Waals surface area contributed by atoms with Gasteiger partial charge < -0.3 is 10.0 Å². The maximum Gasteiger partial charge on any atom is 0.329 e. The zero-order valence-electron chi connectivity index (χ0n) is 11.5. The number of amides is 1. The van der Waals surface area contributed by atoms with E-state index in [9.17, 15) is 14.7 Å². The van der Waals surface area contributed by atoms with Crippen molar-refractivity contribution in [2.45, 2.75) is 33.2 Å². The zero-order chi connectivity index (χ0) is 14.8. The van der Waals surface area contributed by atoms with Gasteiger partial charge in [0.1, 0.15) is 5.54 Å². The number of likely N-dealkylation sites (N-methyl/N-ethyl adjacent to an activating group) is 1. The molecule has 4 nitrogen and oxygen atoms in total. The van der Waals surface area contributed by atoms with Crippen LogP contribution in [0.3, 0.4) is 0 Å². The van der Waals surface area contributed by atoms with Crippen LogP contribution in [-0.4, -0.2) is 34.0 Å². The number of carbonyl (C=O) groups is 2. The smallest absolute Gasteiger partial charge is 0.329 e. The van der Waals surface area contributed by atoms with Gasteiger partial charge in [0, 0.05) is 16.6 Å². The number of hydrogen-bond acceptors (Lipinski definition) is 2. The maximum atomic E-state index is 12.4. The fourth-order valence-electron chi connectivity index (χ4n) is 1.84. The lowest BCUT2D eigenvalue weighted by Crippen LogP contribution is -2.52. The van der Waals surface area contributed by atoms with Crippen molar-refractivity contribution in [3.05, 3.63) is 33.8 Å². The SMILES string of the molecule is CCN(C(=O)c1ccc(Br)c(C)c1)C(C)(C)C(=O)O. The van der Waals surface area contributed by atoms with Crippen molar-refractivity contribution in [2.75, 3.05) is 6.54 Å². The predicted molar refractivity (Wildman–Crippen MR) is 77.3 cm³/mol. The molecule has 0 unspecified atom stereocenters. The molecule has 0 spiro atoms. The van der Waals surface area contributed by atoms with E-state index in [0.717, 1.165) is 10.0 Å². The Balaban J connectivity index is 3.15. The molecule has 19 heavy (non-hydrogen) atoms. The molecule has 0 aliphatic heterocycles. The molecule has 0 bridgehead atoms. The van der Waals surface area contributed by atoms with Crippen molar-refractivity contribution in [3.63, 3.8) is 0 Å². The highest BCUT2D eigenvalue weighted by atomic mass is 79.9. The van der Waals surface area contributed by atoms with Gasteiger partial charge in [-0.3, -0.25) is 4.79 Å². The van der Waals surface area contributed by atoms with Crippen LogP contribution in [0.25, 0.3) is 0 Å². The topological polar surface area (TPSA) is 57.6 Å². The number of aryl methyl sites for hydroxylation is 1. The number of carboxylic acid groups (broad SMARTS) is 1. The van der Waals surface area contributed by atoms with Gasteiger partial charge >= 0.3 is 5.97 Å². The van der Waals surface area contributed by atoms with Crippen LogP contribution in [0.2, 0.25) is 0 Å². The zero-order valence-corrected chi connectivity index (χ0v) is 13.1. The van der Waals surface area contributed by atoms with E-state index in [1.165, 1.54) is 18.7 Å². The molecular weight excluding hydrogens is 310 g/mol. The van der Waals surface area contributed by atoms with Crippen LogP contribution < -0.4 is 0 Å². The summed E-state index contributed by atoms with van der Waals surface area (Å²) in [5, 5.41) is 9.24. The number of rotatable bonds is 4. The Morgan fingerprint density at radius 2 is 1.95 bits per heavy atom. The fraction of sp³-hybridized carbons (Fsp3) is 0.429. The third kappa shape index (κ3) is 3.15. The second kappa shape index (κ2) is 5.74. The quantitative estimate of drug-likeness (QED) is 0.924. The van der Waals surface area contributed by atoms with Crippen molar-refractivity contribution in [2.24, 2.45) is 0 Å². The second-order valence-corrected chi connectivity index (χ2v) is 5.73. The summed E-state index contributed by atoms with van der Waals surface area (Å²) in [6, 6.07) is 5.25. The van der Waals surface area contributed by atoms with Gasteiger partial charge in [0.15, 0.2) is 0 Å². The van der Waals surface area contributed by atoms with Gasteiger partial charge in [0.25, 0.3) is 5.91 Å². The first-order chi connectivity index (χ1) is 8.71. The predicted octanol–water partition coefficient (Wildman–Crippen LogP) is 3.08. The Bertz CT molecular complexity index is 511. The summed E-state index contributed by atoms with van der Waals surface area (Å²) in [6.07, 6.45) is 0. The van der Waals surface area contributed by atoms with Gasteiger partial charge in [-0.05, 0) is 51.5 Å². The number of aliphatic carboxylic acids is 1. The first-order valence-corrected chi connectivity index (χ1v) is 6.82. The van der Waals surface area contributed by atoms with E-state index in [-0.39, 0.29) is 5.91 Å². The van der Waals surface area contributed by atoms with Crippen LogP contribution in [0.5, 0.6) is 0 Å². The molecule has 0 fully saturated rings. The molecule has 0 aromatic heterocycles. The lowest BCUT2D eigenvalue weighted by atomic mass is 10.0. The Labute approximate surface area is 121 Å². The first kappa shape index (κ1) is 15.7. The summed E-state index contributed by atoms with van der Waals surface area (Å²) in [6.45, 7) is 7.06. The normalized spacial score (nSPS) is 11.2. The monoisotopic (exact) mass is 327 g/mol. The van der Waals surface area contributed by atoms with E-state index in [1.807, 2.05) is 6.92 Å². The molecule has 1 aromatic rings. The third-order valence-corrected chi connectivity index (χ3v) is 4.05. The molecule has 1 N–H and O–H groups in total. The summed E-state index contributed by atoms with van der Waals surface area (Å²) in [7, 11) is 0. The summed E-state index contributed by atoms with van der Waals surface area (Å²) in [4.78, 5) is 25.1. The van der Waals surface area contributed by atoms with E-state index >= 15 is 0 Å². The molecule has 0 aliphatic carbocycles.